The van der Waals surface area contributed by atoms with Crippen LogP contribution in [-0.2, 0) is 4.79 Å². The van der Waals surface area contributed by atoms with Gasteiger partial charge in [0.2, 0.25) is 0 Å². The first kappa shape index (κ1) is 20.1. The molecule has 29 heavy (non-hydrogen) atoms. The first-order valence-electron chi connectivity index (χ1n) is 8.67. The van der Waals surface area contributed by atoms with E-state index in [0.717, 1.165) is 0 Å². The molecule has 142 valence electrons. The van der Waals surface area contributed by atoms with Crippen LogP contribution in [0.15, 0.2) is 78.9 Å². The monoisotopic (exact) mass is 403 g/mol. The number of hydrogen-bond acceptors (Lipinski definition) is 3. The van der Waals surface area contributed by atoms with Crippen molar-refractivity contribution in [3.8, 4) is 11.8 Å². The summed E-state index contributed by atoms with van der Waals surface area (Å²) in [7, 11) is 0. The van der Waals surface area contributed by atoms with E-state index in [-0.39, 0.29) is 5.82 Å². The summed E-state index contributed by atoms with van der Waals surface area (Å²) in [6, 6.07) is 21.7. The van der Waals surface area contributed by atoms with Crippen LogP contribution in [0.25, 0.3) is 17.7 Å². The predicted molar refractivity (Wildman–Crippen MR) is 112 cm³/mol. The molecule has 0 fully saturated rings. The average Bonchev–Trinajstić information content (AvgIpc) is 2.72. The number of carbonyl (C=O) groups is 1. The molecule has 5 heteroatoms. The normalized spacial score (nSPS) is 11.3. The van der Waals surface area contributed by atoms with Crippen molar-refractivity contribution < 1.29 is 13.9 Å². The van der Waals surface area contributed by atoms with Crippen molar-refractivity contribution in [3.63, 3.8) is 0 Å². The Balaban J connectivity index is 1.74. The molecule has 0 heterocycles. The minimum absolute atomic E-state index is 0.343. The summed E-state index contributed by atoms with van der Waals surface area (Å²) < 4.78 is 18.2. The maximum atomic E-state index is 12.9. The van der Waals surface area contributed by atoms with Crippen LogP contribution in [0.4, 0.5) is 4.39 Å². The van der Waals surface area contributed by atoms with E-state index in [0.29, 0.717) is 33.0 Å². The number of nitriles is 1. The summed E-state index contributed by atoms with van der Waals surface area (Å²) in [5.74, 6) is -0.564. The molecule has 3 rings (SSSR count). The van der Waals surface area contributed by atoms with E-state index in [1.54, 1.807) is 72.8 Å². The molecule has 0 unspecified atom stereocenters. The first-order chi connectivity index (χ1) is 14.0. The fourth-order valence-electron chi connectivity index (χ4n) is 2.56. The van der Waals surface area contributed by atoms with Gasteiger partial charge in [-0.05, 0) is 65.2 Å². The van der Waals surface area contributed by atoms with Crippen LogP contribution < -0.4 is 4.74 Å². The molecule has 3 nitrogen and oxygen atoms in total. The highest BCUT2D eigenvalue weighted by molar-refractivity contribution is 6.30. The smallest absolute Gasteiger partial charge is 0.336 e. The lowest BCUT2D eigenvalue weighted by molar-refractivity contribution is -0.128. The van der Waals surface area contributed by atoms with E-state index >= 15 is 0 Å². The van der Waals surface area contributed by atoms with Gasteiger partial charge >= 0.3 is 5.97 Å². The summed E-state index contributed by atoms with van der Waals surface area (Å²) in [5.41, 5.74) is 2.52. The molecule has 0 bridgehead atoms. The standard InChI is InChI=1S/C24H15ClFNO2/c25-21-5-2-4-19(15-21)20(16-27)13-18-3-1-6-23(14-18)29-24(28)12-9-17-7-10-22(26)11-8-17/h1-15H/b12-9+,20-13-. The highest BCUT2D eigenvalue weighted by Crippen LogP contribution is 2.23. The molecule has 0 aliphatic rings. The number of benzene rings is 3. The van der Waals surface area contributed by atoms with Crippen molar-refractivity contribution in [2.24, 2.45) is 0 Å². The van der Waals surface area contributed by atoms with Gasteiger partial charge in [0.1, 0.15) is 11.6 Å². The van der Waals surface area contributed by atoms with E-state index < -0.39 is 5.97 Å². The van der Waals surface area contributed by atoms with Crippen LogP contribution in [0.3, 0.4) is 0 Å². The quantitative estimate of drug-likeness (QED) is 0.168. The topological polar surface area (TPSA) is 50.1 Å². The van der Waals surface area contributed by atoms with Crippen molar-refractivity contribution in [3.05, 3.63) is 106 Å². The predicted octanol–water partition coefficient (Wildman–Crippen LogP) is 6.16. The molecule has 0 aliphatic carbocycles. The SMILES string of the molecule is N#C/C(=C/c1cccc(OC(=O)/C=C/c2ccc(F)cc2)c1)c1cccc(Cl)c1. The van der Waals surface area contributed by atoms with Crippen molar-refractivity contribution in [2.45, 2.75) is 0 Å². The second-order valence-electron chi connectivity index (χ2n) is 6.06. The molecule has 0 radical (unpaired) electrons. The van der Waals surface area contributed by atoms with Gasteiger partial charge in [-0.15, -0.1) is 0 Å². The van der Waals surface area contributed by atoms with Gasteiger partial charge in [-0.2, -0.15) is 5.26 Å². The minimum Gasteiger partial charge on any atom is -0.423 e. The van der Waals surface area contributed by atoms with E-state index in [1.165, 1.54) is 18.2 Å². The van der Waals surface area contributed by atoms with Crippen LogP contribution >= 0.6 is 11.6 Å². The van der Waals surface area contributed by atoms with Gasteiger partial charge < -0.3 is 4.74 Å². The summed E-state index contributed by atoms with van der Waals surface area (Å²) in [6.45, 7) is 0. The third-order valence-corrected chi connectivity index (χ3v) is 4.16. The molecule has 0 spiro atoms. The number of allylic oxidation sites excluding steroid dienone is 1. The van der Waals surface area contributed by atoms with Crippen molar-refractivity contribution in [1.29, 1.82) is 5.26 Å². The van der Waals surface area contributed by atoms with Gasteiger partial charge in [-0.3, -0.25) is 0 Å². The Morgan fingerprint density at radius 1 is 1.00 bits per heavy atom. The zero-order valence-electron chi connectivity index (χ0n) is 15.2. The molecule has 3 aromatic carbocycles. The third-order valence-electron chi connectivity index (χ3n) is 3.93. The third kappa shape index (κ3) is 5.90. The van der Waals surface area contributed by atoms with Crippen LogP contribution in [0.5, 0.6) is 5.75 Å². The summed E-state index contributed by atoms with van der Waals surface area (Å²) in [4.78, 5) is 12.0. The molecule has 0 atom stereocenters. The number of esters is 1. The van der Waals surface area contributed by atoms with Gasteiger partial charge in [-0.1, -0.05) is 48.0 Å². The fraction of sp³-hybridized carbons (Fsp3) is 0. The number of rotatable bonds is 5. The van der Waals surface area contributed by atoms with E-state index in [1.807, 2.05) is 0 Å². The van der Waals surface area contributed by atoms with Gasteiger partial charge in [0.05, 0.1) is 11.6 Å². The molecule has 0 saturated heterocycles. The molecule has 0 N–H and O–H groups in total. The Morgan fingerprint density at radius 2 is 1.76 bits per heavy atom. The summed E-state index contributed by atoms with van der Waals surface area (Å²) >= 11 is 5.99. The van der Waals surface area contributed by atoms with Gasteiger partial charge in [0.15, 0.2) is 0 Å². The molecule has 0 aliphatic heterocycles. The number of ether oxygens (including phenoxy) is 1. The molecule has 0 saturated carbocycles. The molecular weight excluding hydrogens is 389 g/mol. The molecule has 0 aromatic heterocycles. The lowest BCUT2D eigenvalue weighted by Gasteiger charge is -2.04. The van der Waals surface area contributed by atoms with E-state index in [2.05, 4.69) is 6.07 Å². The molecule has 0 amide bonds. The maximum absolute atomic E-state index is 12.9. The lowest BCUT2D eigenvalue weighted by Crippen LogP contribution is -2.03. The largest absolute Gasteiger partial charge is 0.423 e. The van der Waals surface area contributed by atoms with E-state index in [9.17, 15) is 14.4 Å². The number of halogens is 2. The van der Waals surface area contributed by atoms with Gasteiger partial charge in [-0.25, -0.2) is 9.18 Å². The van der Waals surface area contributed by atoms with Gasteiger partial charge in [0.25, 0.3) is 0 Å². The Kier molecular flexibility index (Phi) is 6.57. The van der Waals surface area contributed by atoms with Crippen LogP contribution in [0, 0.1) is 17.1 Å². The lowest BCUT2D eigenvalue weighted by atomic mass is 10.0. The fourth-order valence-corrected chi connectivity index (χ4v) is 2.75. The number of carbonyl (C=O) groups excluding carboxylic acids is 1. The van der Waals surface area contributed by atoms with Crippen LogP contribution in [-0.4, -0.2) is 5.97 Å². The summed E-state index contributed by atoms with van der Waals surface area (Å²) in [5, 5.41) is 10.0. The maximum Gasteiger partial charge on any atom is 0.336 e. The first-order valence-corrected chi connectivity index (χ1v) is 9.04. The Bertz CT molecular complexity index is 1130. The highest BCUT2D eigenvalue weighted by atomic mass is 35.5. The summed E-state index contributed by atoms with van der Waals surface area (Å²) in [6.07, 6.45) is 4.50. The van der Waals surface area contributed by atoms with Crippen LogP contribution in [0.2, 0.25) is 5.02 Å². The second-order valence-corrected chi connectivity index (χ2v) is 6.50. The average molecular weight is 404 g/mol. The number of nitrogens with zero attached hydrogens (tertiary/aromatic N) is 1. The van der Waals surface area contributed by atoms with Gasteiger partial charge in [0, 0.05) is 11.1 Å². The second kappa shape index (κ2) is 9.50. The van der Waals surface area contributed by atoms with Crippen molar-refractivity contribution in [2.75, 3.05) is 0 Å². The minimum atomic E-state index is -0.564. The number of hydrogen-bond donors (Lipinski definition) is 0. The zero-order chi connectivity index (χ0) is 20.6. The van der Waals surface area contributed by atoms with Crippen LogP contribution in [0.1, 0.15) is 16.7 Å². The Hall–Kier alpha value is -3.68. The Labute approximate surface area is 172 Å². The zero-order valence-corrected chi connectivity index (χ0v) is 15.9. The van der Waals surface area contributed by atoms with Crippen molar-refractivity contribution in [1.82, 2.24) is 0 Å². The van der Waals surface area contributed by atoms with Crippen molar-refractivity contribution >= 4 is 35.3 Å². The highest BCUT2D eigenvalue weighted by Gasteiger charge is 2.05. The molecule has 3 aromatic rings. The molecular formula is C24H15ClFNO2. The Morgan fingerprint density at radius 3 is 2.48 bits per heavy atom. The van der Waals surface area contributed by atoms with E-state index in [4.69, 9.17) is 16.3 Å².